The van der Waals surface area contributed by atoms with Crippen molar-refractivity contribution in [3.63, 3.8) is 0 Å². The molecule has 0 saturated carbocycles. The van der Waals surface area contributed by atoms with Crippen LogP contribution < -0.4 is 10.1 Å². The second-order valence-electron chi connectivity index (χ2n) is 8.45. The zero-order valence-electron chi connectivity index (χ0n) is 19.2. The number of nitrogens with one attached hydrogen (secondary N) is 1. The van der Waals surface area contributed by atoms with Gasteiger partial charge in [0.1, 0.15) is 5.75 Å². The number of fused-ring (bicyclic) bond motifs is 1. The summed E-state index contributed by atoms with van der Waals surface area (Å²) in [6.07, 6.45) is 0. The van der Waals surface area contributed by atoms with Crippen LogP contribution in [0.15, 0.2) is 65.4 Å². The van der Waals surface area contributed by atoms with Crippen molar-refractivity contribution in [3.8, 4) is 16.9 Å². The van der Waals surface area contributed by atoms with E-state index in [0.717, 1.165) is 49.0 Å². The number of hydrogen-bond donors (Lipinski definition) is 1. The van der Waals surface area contributed by atoms with E-state index in [4.69, 9.17) is 9.47 Å². The molecule has 1 fully saturated rings. The van der Waals surface area contributed by atoms with Crippen LogP contribution in [-0.2, 0) is 16.1 Å². The zero-order valence-corrected chi connectivity index (χ0v) is 20.8. The molecule has 0 spiro atoms. The Labute approximate surface area is 207 Å². The van der Waals surface area contributed by atoms with Gasteiger partial charge in [0.25, 0.3) is 5.91 Å². The molecule has 176 valence electrons. The van der Waals surface area contributed by atoms with Crippen LogP contribution in [0.1, 0.15) is 23.4 Å². The number of carbonyl (C=O) groups excluding carboxylic acids is 1. The van der Waals surface area contributed by atoms with E-state index in [-0.39, 0.29) is 18.6 Å². The van der Waals surface area contributed by atoms with Gasteiger partial charge < -0.3 is 14.8 Å². The highest BCUT2D eigenvalue weighted by atomic mass is 32.1. The van der Waals surface area contributed by atoms with E-state index < -0.39 is 0 Å². The Morgan fingerprint density at radius 3 is 2.79 bits per heavy atom. The highest BCUT2D eigenvalue weighted by Gasteiger charge is 2.17. The lowest BCUT2D eigenvalue weighted by Gasteiger charge is -2.27. The van der Waals surface area contributed by atoms with Gasteiger partial charge in [0, 0.05) is 45.7 Å². The average Bonchev–Trinajstić information content (AvgIpc) is 3.54. The van der Waals surface area contributed by atoms with Crippen molar-refractivity contribution >= 4 is 38.7 Å². The van der Waals surface area contributed by atoms with E-state index in [9.17, 15) is 4.79 Å². The van der Waals surface area contributed by atoms with E-state index >= 15 is 0 Å². The summed E-state index contributed by atoms with van der Waals surface area (Å²) in [5.74, 6) is 0.639. The summed E-state index contributed by atoms with van der Waals surface area (Å²) in [5, 5.41) is 8.53. The predicted octanol–water partition coefficient (Wildman–Crippen LogP) is 5.72. The lowest BCUT2D eigenvalue weighted by atomic mass is 10.0. The van der Waals surface area contributed by atoms with E-state index in [2.05, 4.69) is 52.0 Å². The highest BCUT2D eigenvalue weighted by molar-refractivity contribution is 7.17. The minimum absolute atomic E-state index is 0.00739. The molecule has 34 heavy (non-hydrogen) atoms. The number of nitrogens with zero attached hydrogens (tertiary/aromatic N) is 1. The van der Waals surface area contributed by atoms with Crippen LogP contribution in [0.5, 0.6) is 5.75 Å². The van der Waals surface area contributed by atoms with Crippen molar-refractivity contribution in [2.45, 2.75) is 19.5 Å². The van der Waals surface area contributed by atoms with E-state index in [1.807, 2.05) is 30.5 Å². The number of amides is 1. The number of hydrogen-bond acceptors (Lipinski definition) is 6. The number of morpholine rings is 1. The molecule has 1 amide bonds. The standard InChI is InChI=1S/C27H28N2O3S2/c1-19(25-7-4-14-33-25)28-27(30)17-32-24-9-8-20(15-21(24)16-29-10-12-31-13-11-29)23-18-34-26-6-3-2-5-22(23)26/h2-9,14-15,18-19H,10-13,16-17H2,1H3,(H,28,30)/t19-/m1/s1. The molecule has 1 aliphatic heterocycles. The molecule has 5 nitrogen and oxygen atoms in total. The molecule has 7 heteroatoms. The van der Waals surface area contributed by atoms with Gasteiger partial charge in [-0.15, -0.1) is 22.7 Å². The molecule has 2 aromatic carbocycles. The molecule has 0 unspecified atom stereocenters. The first kappa shape index (κ1) is 23.1. The first-order chi connectivity index (χ1) is 16.7. The summed E-state index contributed by atoms with van der Waals surface area (Å²) in [5.41, 5.74) is 3.50. The van der Waals surface area contributed by atoms with Crippen molar-refractivity contribution in [3.05, 3.63) is 75.8 Å². The molecular formula is C27H28N2O3S2. The van der Waals surface area contributed by atoms with Gasteiger partial charge in [-0.25, -0.2) is 0 Å². The van der Waals surface area contributed by atoms with Gasteiger partial charge in [0.2, 0.25) is 0 Å². The average molecular weight is 493 g/mol. The summed E-state index contributed by atoms with van der Waals surface area (Å²) in [7, 11) is 0. The van der Waals surface area contributed by atoms with E-state index in [0.29, 0.717) is 0 Å². The van der Waals surface area contributed by atoms with Crippen molar-refractivity contribution in [2.24, 2.45) is 0 Å². The van der Waals surface area contributed by atoms with Crippen LogP contribution in [0.3, 0.4) is 0 Å². The van der Waals surface area contributed by atoms with E-state index in [1.165, 1.54) is 21.2 Å². The first-order valence-corrected chi connectivity index (χ1v) is 13.3. The molecule has 0 aliphatic carbocycles. The molecule has 4 aromatic rings. The topological polar surface area (TPSA) is 50.8 Å². The molecule has 1 N–H and O–H groups in total. The molecule has 0 bridgehead atoms. The fraction of sp³-hybridized carbons (Fsp3) is 0.296. The lowest BCUT2D eigenvalue weighted by molar-refractivity contribution is -0.123. The van der Waals surface area contributed by atoms with Crippen molar-refractivity contribution in [1.82, 2.24) is 10.2 Å². The van der Waals surface area contributed by atoms with Crippen LogP contribution in [0.4, 0.5) is 0 Å². The predicted molar refractivity (Wildman–Crippen MR) is 140 cm³/mol. The van der Waals surface area contributed by atoms with Gasteiger partial charge in [0.05, 0.1) is 19.3 Å². The second kappa shape index (κ2) is 10.7. The monoisotopic (exact) mass is 492 g/mol. The van der Waals surface area contributed by atoms with Crippen molar-refractivity contribution in [2.75, 3.05) is 32.9 Å². The van der Waals surface area contributed by atoms with Gasteiger partial charge in [0.15, 0.2) is 6.61 Å². The lowest BCUT2D eigenvalue weighted by Crippen LogP contribution is -2.36. The van der Waals surface area contributed by atoms with Crippen LogP contribution in [0, 0.1) is 0 Å². The van der Waals surface area contributed by atoms with Crippen LogP contribution in [-0.4, -0.2) is 43.7 Å². The number of carbonyl (C=O) groups is 1. The SMILES string of the molecule is C[C@@H](NC(=O)COc1ccc(-c2csc3ccccc23)cc1CN1CCOCC1)c1cccs1. The van der Waals surface area contributed by atoms with Gasteiger partial charge in [-0.2, -0.15) is 0 Å². The highest BCUT2D eigenvalue weighted by Crippen LogP contribution is 2.36. The Kier molecular flexibility index (Phi) is 7.25. The van der Waals surface area contributed by atoms with Crippen LogP contribution >= 0.6 is 22.7 Å². The molecule has 1 saturated heterocycles. The number of ether oxygens (including phenoxy) is 2. The Balaban J connectivity index is 1.35. The Hall–Kier alpha value is -2.71. The normalized spacial score (nSPS) is 15.3. The van der Waals surface area contributed by atoms with Crippen molar-refractivity contribution in [1.29, 1.82) is 0 Å². The minimum Gasteiger partial charge on any atom is -0.483 e. The van der Waals surface area contributed by atoms with Crippen molar-refractivity contribution < 1.29 is 14.3 Å². The van der Waals surface area contributed by atoms with Gasteiger partial charge in [-0.1, -0.05) is 30.3 Å². The molecule has 3 heterocycles. The minimum atomic E-state index is -0.119. The number of benzene rings is 2. The molecule has 5 rings (SSSR count). The third-order valence-corrected chi connectivity index (χ3v) is 8.07. The van der Waals surface area contributed by atoms with E-state index in [1.54, 1.807) is 22.7 Å². The molecule has 0 radical (unpaired) electrons. The van der Waals surface area contributed by atoms with Gasteiger partial charge >= 0.3 is 0 Å². The fourth-order valence-electron chi connectivity index (χ4n) is 4.25. The van der Waals surface area contributed by atoms with Crippen LogP contribution in [0.25, 0.3) is 21.2 Å². The quantitative estimate of drug-likeness (QED) is 0.342. The Morgan fingerprint density at radius 1 is 1.12 bits per heavy atom. The molecule has 1 atom stereocenters. The maximum Gasteiger partial charge on any atom is 0.258 e. The van der Waals surface area contributed by atoms with Gasteiger partial charge in [-0.05, 0) is 47.5 Å². The molecule has 1 aliphatic rings. The fourth-order valence-corrected chi connectivity index (χ4v) is 5.95. The maximum atomic E-state index is 12.6. The zero-order chi connectivity index (χ0) is 23.3. The number of rotatable bonds is 8. The largest absolute Gasteiger partial charge is 0.483 e. The Morgan fingerprint density at radius 2 is 1.97 bits per heavy atom. The third-order valence-electron chi connectivity index (χ3n) is 6.06. The number of thiophene rings is 2. The van der Waals surface area contributed by atoms with Crippen LogP contribution in [0.2, 0.25) is 0 Å². The Bertz CT molecular complexity index is 1250. The summed E-state index contributed by atoms with van der Waals surface area (Å²) >= 11 is 3.40. The van der Waals surface area contributed by atoms with Gasteiger partial charge in [-0.3, -0.25) is 9.69 Å². The first-order valence-electron chi connectivity index (χ1n) is 11.5. The summed E-state index contributed by atoms with van der Waals surface area (Å²) in [6, 6.07) is 18.8. The third kappa shape index (κ3) is 5.33. The summed E-state index contributed by atoms with van der Waals surface area (Å²) in [4.78, 5) is 16.1. The summed E-state index contributed by atoms with van der Waals surface area (Å²) < 4.78 is 12.9. The molecule has 2 aromatic heterocycles. The summed E-state index contributed by atoms with van der Waals surface area (Å²) in [6.45, 7) is 6.03. The maximum absolute atomic E-state index is 12.6. The smallest absolute Gasteiger partial charge is 0.258 e. The second-order valence-corrected chi connectivity index (χ2v) is 10.3. The molecular weight excluding hydrogens is 464 g/mol.